The van der Waals surface area contributed by atoms with Crippen LogP contribution in [0.5, 0.6) is 0 Å². The number of carbonyl (C=O) groups is 1. The predicted molar refractivity (Wildman–Crippen MR) is 144 cm³/mol. The van der Waals surface area contributed by atoms with Crippen LogP contribution in [0.4, 0.5) is 14.5 Å². The highest BCUT2D eigenvalue weighted by Crippen LogP contribution is 2.57. The summed E-state index contributed by atoms with van der Waals surface area (Å²) in [4.78, 5) is 17.0. The van der Waals surface area contributed by atoms with Gasteiger partial charge in [0.1, 0.15) is 11.6 Å². The number of halogens is 4. The fraction of sp³-hybridized carbons (Fsp3) is 0.222. The molecule has 1 amide bonds. The molecule has 0 aliphatic heterocycles. The van der Waals surface area contributed by atoms with Gasteiger partial charge in [-0.3, -0.25) is 4.79 Å². The first-order valence-corrected chi connectivity index (χ1v) is 13.8. The summed E-state index contributed by atoms with van der Waals surface area (Å²) in [7, 11) is 0. The minimum atomic E-state index is -1.98. The molecular weight excluding hydrogens is 571 g/mol. The quantitative estimate of drug-likeness (QED) is 0.217. The zero-order chi connectivity index (χ0) is 27.9. The summed E-state index contributed by atoms with van der Waals surface area (Å²) in [6, 6.07) is 13.1. The molecule has 2 unspecified atom stereocenters. The normalized spacial score (nSPS) is 15.5. The molecule has 0 saturated heterocycles. The Morgan fingerprint density at radius 3 is 2.38 bits per heavy atom. The standard InChI is InChI=1S/C27H21Cl2F2N3O4S/c1-14(39(36)37)16-4-2-15(3-5-16)10-23(35)32-18-12-20(28)24(21(29)13-18)27(8-9-27)26-33-25(38-34-26)19-7-6-17(30)11-22(19)31/h2-7,11-14H,8-10H2,1H3,(H,32,35)(H,36,37). The van der Waals surface area contributed by atoms with Gasteiger partial charge in [0.2, 0.25) is 5.91 Å². The molecular formula is C27H21Cl2F2N3O4S. The van der Waals surface area contributed by atoms with Crippen molar-refractivity contribution in [2.75, 3.05) is 5.32 Å². The summed E-state index contributed by atoms with van der Waals surface area (Å²) >= 11 is 11.3. The van der Waals surface area contributed by atoms with Crippen molar-refractivity contribution in [2.45, 2.75) is 36.9 Å². The lowest BCUT2D eigenvalue weighted by Gasteiger charge is -2.17. The lowest BCUT2D eigenvalue weighted by molar-refractivity contribution is -0.115. The third-order valence-corrected chi connectivity index (χ3v) is 8.16. The number of hydrogen-bond donors (Lipinski definition) is 2. The number of amides is 1. The molecule has 0 bridgehead atoms. The Hall–Kier alpha value is -3.18. The molecule has 1 aliphatic carbocycles. The van der Waals surface area contributed by atoms with Gasteiger partial charge in [0.25, 0.3) is 5.89 Å². The summed E-state index contributed by atoms with van der Waals surface area (Å²) < 4.78 is 53.3. The lowest BCUT2D eigenvalue weighted by Crippen LogP contribution is -2.16. The fourth-order valence-electron chi connectivity index (χ4n) is 4.42. The molecule has 7 nitrogen and oxygen atoms in total. The molecule has 2 N–H and O–H groups in total. The number of carbonyl (C=O) groups excluding carboxylic acids is 1. The topological polar surface area (TPSA) is 105 Å². The summed E-state index contributed by atoms with van der Waals surface area (Å²) in [6.07, 6.45) is 1.33. The van der Waals surface area contributed by atoms with Crippen molar-refractivity contribution in [3.63, 3.8) is 0 Å². The predicted octanol–water partition coefficient (Wildman–Crippen LogP) is 6.87. The largest absolute Gasteiger partial charge is 0.334 e. The highest BCUT2D eigenvalue weighted by Gasteiger charge is 2.52. The summed E-state index contributed by atoms with van der Waals surface area (Å²) in [5.74, 6) is -1.64. The average molecular weight is 592 g/mol. The average Bonchev–Trinajstić information content (AvgIpc) is 3.50. The number of benzene rings is 3. The fourth-order valence-corrected chi connectivity index (χ4v) is 5.66. The molecule has 4 aromatic rings. The van der Waals surface area contributed by atoms with Crippen molar-refractivity contribution >= 4 is 45.9 Å². The van der Waals surface area contributed by atoms with Gasteiger partial charge < -0.3 is 14.4 Å². The first kappa shape index (κ1) is 27.4. The van der Waals surface area contributed by atoms with Crippen molar-refractivity contribution in [2.24, 2.45) is 0 Å². The van der Waals surface area contributed by atoms with Crippen LogP contribution in [-0.4, -0.2) is 24.8 Å². The molecule has 0 radical (unpaired) electrons. The van der Waals surface area contributed by atoms with E-state index in [1.807, 2.05) is 0 Å². The van der Waals surface area contributed by atoms with E-state index in [2.05, 4.69) is 15.5 Å². The van der Waals surface area contributed by atoms with Crippen LogP contribution in [0.15, 0.2) is 59.1 Å². The van der Waals surface area contributed by atoms with E-state index >= 15 is 0 Å². The minimum absolute atomic E-state index is 0.0197. The van der Waals surface area contributed by atoms with E-state index in [4.69, 9.17) is 27.7 Å². The smallest absolute Gasteiger partial charge is 0.260 e. The Balaban J connectivity index is 1.32. The van der Waals surface area contributed by atoms with E-state index in [1.165, 1.54) is 6.07 Å². The Bertz CT molecular complexity index is 1570. The number of aromatic nitrogens is 2. The summed E-state index contributed by atoms with van der Waals surface area (Å²) in [5, 5.41) is 6.87. The van der Waals surface area contributed by atoms with Crippen molar-refractivity contribution in [1.29, 1.82) is 0 Å². The Kier molecular flexibility index (Phi) is 7.56. The zero-order valence-corrected chi connectivity index (χ0v) is 22.7. The molecule has 202 valence electrons. The molecule has 5 rings (SSSR count). The lowest BCUT2D eigenvalue weighted by atomic mass is 9.94. The minimum Gasteiger partial charge on any atom is -0.334 e. The van der Waals surface area contributed by atoms with E-state index in [-0.39, 0.29) is 29.6 Å². The van der Waals surface area contributed by atoms with E-state index < -0.39 is 33.4 Å². The highest BCUT2D eigenvalue weighted by atomic mass is 35.5. The van der Waals surface area contributed by atoms with Crippen LogP contribution in [0.1, 0.15) is 47.5 Å². The van der Waals surface area contributed by atoms with Crippen molar-refractivity contribution < 1.29 is 26.9 Å². The van der Waals surface area contributed by atoms with Gasteiger partial charge in [-0.05, 0) is 55.2 Å². The van der Waals surface area contributed by atoms with Gasteiger partial charge in [-0.15, -0.1) is 0 Å². The van der Waals surface area contributed by atoms with Crippen LogP contribution in [0.3, 0.4) is 0 Å². The van der Waals surface area contributed by atoms with Crippen LogP contribution in [-0.2, 0) is 27.7 Å². The highest BCUT2D eigenvalue weighted by molar-refractivity contribution is 7.79. The van der Waals surface area contributed by atoms with Gasteiger partial charge in [0.15, 0.2) is 16.9 Å². The van der Waals surface area contributed by atoms with Crippen LogP contribution in [0, 0.1) is 11.6 Å². The molecule has 3 aromatic carbocycles. The maximum atomic E-state index is 14.2. The van der Waals surface area contributed by atoms with Crippen molar-refractivity contribution in [1.82, 2.24) is 10.1 Å². The van der Waals surface area contributed by atoms with Crippen LogP contribution in [0.25, 0.3) is 11.5 Å². The summed E-state index contributed by atoms with van der Waals surface area (Å²) in [6.45, 7) is 1.64. The van der Waals surface area contributed by atoms with Gasteiger partial charge in [0.05, 0.1) is 22.6 Å². The molecule has 1 aromatic heterocycles. The number of hydrogen-bond acceptors (Lipinski definition) is 5. The third-order valence-electron chi connectivity index (χ3n) is 6.69. The summed E-state index contributed by atoms with van der Waals surface area (Å²) in [5.41, 5.74) is 1.64. The molecule has 1 aliphatic rings. The Labute approximate surface area is 234 Å². The molecule has 39 heavy (non-hydrogen) atoms. The zero-order valence-electron chi connectivity index (χ0n) is 20.4. The molecule has 0 spiro atoms. The van der Waals surface area contributed by atoms with E-state index in [9.17, 15) is 22.3 Å². The molecule has 1 saturated carbocycles. The van der Waals surface area contributed by atoms with Gasteiger partial charge in [-0.25, -0.2) is 13.0 Å². The third kappa shape index (κ3) is 5.60. The van der Waals surface area contributed by atoms with Crippen molar-refractivity contribution in [3.05, 3.63) is 98.8 Å². The maximum absolute atomic E-state index is 14.2. The van der Waals surface area contributed by atoms with Gasteiger partial charge in [-0.1, -0.05) is 52.6 Å². The SMILES string of the molecule is CC(c1ccc(CC(=O)Nc2cc(Cl)c(C3(c4noc(-c5ccc(F)cc5F)n4)CC3)c(Cl)c2)cc1)S(=O)O. The van der Waals surface area contributed by atoms with Gasteiger partial charge >= 0.3 is 0 Å². The number of rotatable bonds is 8. The molecule has 12 heteroatoms. The van der Waals surface area contributed by atoms with E-state index in [0.717, 1.165) is 17.7 Å². The second-order valence-electron chi connectivity index (χ2n) is 9.33. The Morgan fingerprint density at radius 2 is 1.79 bits per heavy atom. The van der Waals surface area contributed by atoms with Crippen LogP contribution < -0.4 is 5.32 Å². The van der Waals surface area contributed by atoms with Gasteiger partial charge in [-0.2, -0.15) is 4.98 Å². The number of nitrogens with zero attached hydrogens (tertiary/aromatic N) is 2. The van der Waals surface area contributed by atoms with Crippen molar-refractivity contribution in [3.8, 4) is 11.5 Å². The monoisotopic (exact) mass is 591 g/mol. The number of nitrogens with one attached hydrogen (secondary N) is 1. The van der Waals surface area contributed by atoms with E-state index in [0.29, 0.717) is 39.7 Å². The Morgan fingerprint density at radius 1 is 1.13 bits per heavy atom. The van der Waals surface area contributed by atoms with Crippen LogP contribution in [0.2, 0.25) is 10.0 Å². The number of anilines is 1. The van der Waals surface area contributed by atoms with E-state index in [1.54, 1.807) is 43.3 Å². The first-order valence-electron chi connectivity index (χ1n) is 11.8. The van der Waals surface area contributed by atoms with Gasteiger partial charge in [0, 0.05) is 27.4 Å². The molecule has 2 atom stereocenters. The second-order valence-corrected chi connectivity index (χ2v) is 11.4. The molecule has 1 heterocycles. The molecule has 1 fully saturated rings. The first-order chi connectivity index (χ1) is 18.6. The maximum Gasteiger partial charge on any atom is 0.260 e. The second kappa shape index (κ2) is 10.8. The van der Waals surface area contributed by atoms with Crippen LogP contribution >= 0.6 is 23.2 Å².